The summed E-state index contributed by atoms with van der Waals surface area (Å²) in [6, 6.07) is 14.7. The standard InChI is InChI=1S/C14H11ClN2O2S/c1-17(12-5-3-2-4-6-12)20(18,19)13-8-7-11(10-16)14(15)9-13/h2-9H,1H3. The highest BCUT2D eigenvalue weighted by Crippen LogP contribution is 2.25. The maximum absolute atomic E-state index is 12.5. The van der Waals surface area contributed by atoms with Gasteiger partial charge in [-0.15, -0.1) is 0 Å². The Morgan fingerprint density at radius 3 is 2.35 bits per heavy atom. The van der Waals surface area contributed by atoms with E-state index in [9.17, 15) is 8.42 Å². The van der Waals surface area contributed by atoms with E-state index in [1.807, 2.05) is 12.1 Å². The number of nitriles is 1. The third kappa shape index (κ3) is 2.62. The van der Waals surface area contributed by atoms with Crippen molar-refractivity contribution in [3.05, 3.63) is 59.1 Å². The van der Waals surface area contributed by atoms with Crippen LogP contribution in [0.3, 0.4) is 0 Å². The third-order valence-corrected chi connectivity index (χ3v) is 4.93. The van der Waals surface area contributed by atoms with Crippen LogP contribution in [-0.4, -0.2) is 15.5 Å². The van der Waals surface area contributed by atoms with Crippen molar-refractivity contribution in [3.63, 3.8) is 0 Å². The zero-order chi connectivity index (χ0) is 14.8. The third-order valence-electron chi connectivity index (χ3n) is 2.84. The van der Waals surface area contributed by atoms with Crippen LogP contribution < -0.4 is 4.31 Å². The van der Waals surface area contributed by atoms with Gasteiger partial charge >= 0.3 is 0 Å². The topological polar surface area (TPSA) is 61.2 Å². The van der Waals surface area contributed by atoms with E-state index in [1.54, 1.807) is 24.3 Å². The maximum atomic E-state index is 12.5. The normalized spacial score (nSPS) is 10.8. The van der Waals surface area contributed by atoms with Crippen molar-refractivity contribution in [2.45, 2.75) is 4.90 Å². The molecule has 0 fully saturated rings. The number of nitrogens with zero attached hydrogens (tertiary/aromatic N) is 2. The first-order chi connectivity index (χ1) is 9.46. The summed E-state index contributed by atoms with van der Waals surface area (Å²) in [4.78, 5) is 0.0489. The molecule has 0 radical (unpaired) electrons. The summed E-state index contributed by atoms with van der Waals surface area (Å²) in [7, 11) is -2.23. The van der Waals surface area contributed by atoms with Gasteiger partial charge in [0.05, 0.1) is 21.2 Å². The average molecular weight is 307 g/mol. The molecule has 20 heavy (non-hydrogen) atoms. The van der Waals surface area contributed by atoms with Gasteiger partial charge in [-0.3, -0.25) is 4.31 Å². The van der Waals surface area contributed by atoms with Gasteiger partial charge in [0.15, 0.2) is 0 Å². The van der Waals surface area contributed by atoms with Gasteiger partial charge in [-0.05, 0) is 30.3 Å². The molecule has 6 heteroatoms. The zero-order valence-corrected chi connectivity index (χ0v) is 12.2. The monoisotopic (exact) mass is 306 g/mol. The molecule has 4 nitrogen and oxygen atoms in total. The Hall–Kier alpha value is -2.03. The molecule has 0 spiro atoms. The second-order valence-corrected chi connectivity index (χ2v) is 6.44. The van der Waals surface area contributed by atoms with Gasteiger partial charge in [0.1, 0.15) is 6.07 Å². The van der Waals surface area contributed by atoms with Crippen LogP contribution in [0.4, 0.5) is 5.69 Å². The molecule has 0 bridgehead atoms. The van der Waals surface area contributed by atoms with Gasteiger partial charge < -0.3 is 0 Å². The van der Waals surface area contributed by atoms with E-state index in [2.05, 4.69) is 0 Å². The molecule has 0 heterocycles. The van der Waals surface area contributed by atoms with E-state index in [0.29, 0.717) is 5.69 Å². The zero-order valence-electron chi connectivity index (χ0n) is 10.6. The molecule has 2 rings (SSSR count). The van der Waals surface area contributed by atoms with Crippen LogP contribution in [0.25, 0.3) is 0 Å². The Morgan fingerprint density at radius 1 is 1.15 bits per heavy atom. The maximum Gasteiger partial charge on any atom is 0.264 e. The fourth-order valence-corrected chi connectivity index (χ4v) is 3.19. The lowest BCUT2D eigenvalue weighted by Crippen LogP contribution is -2.26. The lowest BCUT2D eigenvalue weighted by atomic mass is 10.2. The molecular weight excluding hydrogens is 296 g/mol. The number of benzene rings is 2. The van der Waals surface area contributed by atoms with Crippen molar-refractivity contribution in [3.8, 4) is 6.07 Å². The van der Waals surface area contributed by atoms with Gasteiger partial charge in [0, 0.05) is 7.05 Å². The van der Waals surface area contributed by atoms with Gasteiger partial charge in [-0.1, -0.05) is 29.8 Å². The Balaban J connectivity index is 2.46. The van der Waals surface area contributed by atoms with Crippen LogP contribution >= 0.6 is 11.6 Å². The number of hydrogen-bond acceptors (Lipinski definition) is 3. The minimum atomic E-state index is -3.70. The smallest absolute Gasteiger partial charge is 0.264 e. The summed E-state index contributed by atoms with van der Waals surface area (Å²) in [6.07, 6.45) is 0. The Bertz CT molecular complexity index is 768. The minimum Gasteiger partial charge on any atom is -0.269 e. The van der Waals surface area contributed by atoms with Gasteiger partial charge in [0.2, 0.25) is 0 Å². The van der Waals surface area contributed by atoms with Gasteiger partial charge in [0.25, 0.3) is 10.0 Å². The van der Waals surface area contributed by atoms with Crippen molar-refractivity contribution in [1.82, 2.24) is 0 Å². The lowest BCUT2D eigenvalue weighted by Gasteiger charge is -2.19. The van der Waals surface area contributed by atoms with E-state index < -0.39 is 10.0 Å². The number of anilines is 1. The summed E-state index contributed by atoms with van der Waals surface area (Å²) in [5.41, 5.74) is 0.793. The van der Waals surface area contributed by atoms with Gasteiger partial charge in [-0.2, -0.15) is 5.26 Å². The second-order valence-electron chi connectivity index (χ2n) is 4.06. The number of para-hydroxylation sites is 1. The molecule has 2 aromatic rings. The van der Waals surface area contributed by atoms with E-state index in [0.717, 1.165) is 0 Å². The molecule has 0 aliphatic heterocycles. The molecule has 0 aliphatic rings. The largest absolute Gasteiger partial charge is 0.269 e. The fourth-order valence-electron chi connectivity index (χ4n) is 1.68. The first-order valence-corrected chi connectivity index (χ1v) is 7.52. The van der Waals surface area contributed by atoms with E-state index in [1.165, 1.54) is 29.6 Å². The Labute approximate surface area is 122 Å². The molecule has 0 N–H and O–H groups in total. The van der Waals surface area contributed by atoms with Crippen LogP contribution in [0.2, 0.25) is 5.02 Å². The second kappa shape index (κ2) is 5.53. The van der Waals surface area contributed by atoms with Crippen molar-refractivity contribution >= 4 is 27.3 Å². The van der Waals surface area contributed by atoms with E-state index in [4.69, 9.17) is 16.9 Å². The highest BCUT2D eigenvalue weighted by atomic mass is 35.5. The van der Waals surface area contributed by atoms with Crippen molar-refractivity contribution in [2.24, 2.45) is 0 Å². The van der Waals surface area contributed by atoms with E-state index in [-0.39, 0.29) is 15.5 Å². The highest BCUT2D eigenvalue weighted by molar-refractivity contribution is 7.92. The molecule has 2 aromatic carbocycles. The Morgan fingerprint density at radius 2 is 1.80 bits per heavy atom. The average Bonchev–Trinajstić information content (AvgIpc) is 2.47. The Kier molecular flexibility index (Phi) is 3.98. The minimum absolute atomic E-state index is 0.0489. The van der Waals surface area contributed by atoms with Gasteiger partial charge in [-0.25, -0.2) is 8.42 Å². The summed E-state index contributed by atoms with van der Waals surface area (Å²) < 4.78 is 26.1. The summed E-state index contributed by atoms with van der Waals surface area (Å²) in [5.74, 6) is 0. The summed E-state index contributed by atoms with van der Waals surface area (Å²) >= 11 is 5.88. The van der Waals surface area contributed by atoms with Crippen LogP contribution in [0.1, 0.15) is 5.56 Å². The van der Waals surface area contributed by atoms with Crippen molar-refractivity contribution in [2.75, 3.05) is 11.4 Å². The molecule has 0 unspecified atom stereocenters. The number of hydrogen-bond donors (Lipinski definition) is 0. The quantitative estimate of drug-likeness (QED) is 0.875. The molecule has 0 saturated heterocycles. The number of rotatable bonds is 3. The molecule has 0 atom stereocenters. The first-order valence-electron chi connectivity index (χ1n) is 5.70. The molecule has 0 aliphatic carbocycles. The first kappa shape index (κ1) is 14.4. The summed E-state index contributed by atoms with van der Waals surface area (Å²) in [6.45, 7) is 0. The number of halogens is 1. The van der Waals surface area contributed by atoms with Crippen LogP contribution in [0, 0.1) is 11.3 Å². The SMILES string of the molecule is CN(c1ccccc1)S(=O)(=O)c1ccc(C#N)c(Cl)c1. The highest BCUT2D eigenvalue weighted by Gasteiger charge is 2.22. The van der Waals surface area contributed by atoms with Crippen molar-refractivity contribution < 1.29 is 8.42 Å². The fraction of sp³-hybridized carbons (Fsp3) is 0.0714. The molecular formula is C14H11ClN2O2S. The molecule has 0 saturated carbocycles. The van der Waals surface area contributed by atoms with Crippen LogP contribution in [0.15, 0.2) is 53.4 Å². The number of sulfonamides is 1. The van der Waals surface area contributed by atoms with Crippen molar-refractivity contribution in [1.29, 1.82) is 5.26 Å². The van der Waals surface area contributed by atoms with Crippen LogP contribution in [0.5, 0.6) is 0 Å². The predicted molar refractivity (Wildman–Crippen MR) is 78.2 cm³/mol. The van der Waals surface area contributed by atoms with Crippen LogP contribution in [-0.2, 0) is 10.0 Å². The molecule has 0 amide bonds. The molecule has 0 aromatic heterocycles. The predicted octanol–water partition coefficient (Wildman–Crippen LogP) is 3.04. The van der Waals surface area contributed by atoms with E-state index >= 15 is 0 Å². The molecule has 102 valence electrons. The summed E-state index contributed by atoms with van der Waals surface area (Å²) in [5, 5.41) is 8.93. The lowest BCUT2D eigenvalue weighted by molar-refractivity contribution is 0.594.